The Balaban J connectivity index is 1.77. The number of nitrogens with two attached hydrogens (primary N) is 1. The summed E-state index contributed by atoms with van der Waals surface area (Å²) in [6.45, 7) is 1.86. The molecule has 5 heteroatoms. The van der Waals surface area contributed by atoms with E-state index < -0.39 is 5.97 Å². The minimum atomic E-state index is -1.00. The van der Waals surface area contributed by atoms with Gasteiger partial charge in [-0.15, -0.1) is 0 Å². The van der Waals surface area contributed by atoms with Crippen molar-refractivity contribution < 1.29 is 9.90 Å². The number of aromatic carboxylic acids is 1. The third-order valence-corrected chi connectivity index (χ3v) is 4.91. The molecule has 0 radical (unpaired) electrons. The number of piperidine rings is 1. The van der Waals surface area contributed by atoms with Crippen molar-refractivity contribution in [1.82, 2.24) is 4.98 Å². The summed E-state index contributed by atoms with van der Waals surface area (Å²) < 4.78 is 0. The third kappa shape index (κ3) is 2.32. The predicted molar refractivity (Wildman–Crippen MR) is 78.0 cm³/mol. The molecule has 1 spiro atoms. The lowest BCUT2D eigenvalue weighted by molar-refractivity contribution is 0.0690. The number of nitrogen functional groups attached to an aromatic ring is 1. The molecule has 0 atom stereocenters. The first kappa shape index (κ1) is 13.2. The van der Waals surface area contributed by atoms with Gasteiger partial charge in [0.05, 0.1) is 5.69 Å². The van der Waals surface area contributed by atoms with E-state index in [1.165, 1.54) is 44.6 Å². The second-order valence-electron chi connectivity index (χ2n) is 6.11. The number of carboxylic acids is 1. The molecule has 1 saturated carbocycles. The molecule has 2 fully saturated rings. The SMILES string of the molecule is Nc1ccc(C(=O)O)nc1N1CCC2(CCCC2)CC1. The maximum atomic E-state index is 11.0. The Bertz CT molecular complexity index is 514. The highest BCUT2D eigenvalue weighted by Gasteiger charge is 2.37. The van der Waals surface area contributed by atoms with E-state index in [2.05, 4.69) is 9.88 Å². The summed E-state index contributed by atoms with van der Waals surface area (Å²) >= 11 is 0. The van der Waals surface area contributed by atoms with E-state index in [4.69, 9.17) is 10.8 Å². The summed E-state index contributed by atoms with van der Waals surface area (Å²) in [5.41, 5.74) is 7.14. The topological polar surface area (TPSA) is 79.5 Å². The lowest BCUT2D eigenvalue weighted by Crippen LogP contribution is -2.39. The van der Waals surface area contributed by atoms with Crippen LogP contribution < -0.4 is 10.6 Å². The van der Waals surface area contributed by atoms with Crippen molar-refractivity contribution in [3.8, 4) is 0 Å². The van der Waals surface area contributed by atoms with E-state index in [-0.39, 0.29) is 5.69 Å². The summed E-state index contributed by atoms with van der Waals surface area (Å²) in [6, 6.07) is 3.11. The van der Waals surface area contributed by atoms with Gasteiger partial charge in [0.15, 0.2) is 11.5 Å². The molecule has 0 unspecified atom stereocenters. The van der Waals surface area contributed by atoms with Gasteiger partial charge in [-0.25, -0.2) is 9.78 Å². The van der Waals surface area contributed by atoms with Crippen LogP contribution in [0.1, 0.15) is 49.0 Å². The van der Waals surface area contributed by atoms with Crippen LogP contribution in [-0.2, 0) is 0 Å². The second-order valence-corrected chi connectivity index (χ2v) is 6.11. The van der Waals surface area contributed by atoms with E-state index in [1.54, 1.807) is 6.07 Å². The first-order valence-corrected chi connectivity index (χ1v) is 7.34. The van der Waals surface area contributed by atoms with Crippen LogP contribution in [0.3, 0.4) is 0 Å². The van der Waals surface area contributed by atoms with Crippen LogP contribution >= 0.6 is 0 Å². The van der Waals surface area contributed by atoms with E-state index in [0.717, 1.165) is 13.1 Å². The van der Waals surface area contributed by atoms with E-state index in [0.29, 0.717) is 16.9 Å². The fraction of sp³-hybridized carbons (Fsp3) is 0.600. The first-order chi connectivity index (χ1) is 9.60. The first-order valence-electron chi connectivity index (χ1n) is 7.34. The summed E-state index contributed by atoms with van der Waals surface area (Å²) in [5.74, 6) is -0.367. The number of pyridine rings is 1. The van der Waals surface area contributed by atoms with Crippen LogP contribution in [0.5, 0.6) is 0 Å². The lowest BCUT2D eigenvalue weighted by atomic mass is 9.77. The molecular weight excluding hydrogens is 254 g/mol. The number of carbonyl (C=O) groups is 1. The zero-order valence-corrected chi connectivity index (χ0v) is 11.6. The van der Waals surface area contributed by atoms with Gasteiger partial charge in [0.1, 0.15) is 0 Å². The number of rotatable bonds is 2. The van der Waals surface area contributed by atoms with Gasteiger partial charge in [-0.2, -0.15) is 0 Å². The van der Waals surface area contributed by atoms with Crippen LogP contribution in [0.4, 0.5) is 11.5 Å². The third-order valence-electron chi connectivity index (χ3n) is 4.91. The van der Waals surface area contributed by atoms with Gasteiger partial charge in [0.25, 0.3) is 0 Å². The van der Waals surface area contributed by atoms with Crippen LogP contribution in [0.2, 0.25) is 0 Å². The van der Waals surface area contributed by atoms with E-state index in [1.807, 2.05) is 0 Å². The molecule has 3 N–H and O–H groups in total. The molecule has 1 aliphatic carbocycles. The molecule has 108 valence electrons. The Morgan fingerprint density at radius 3 is 2.45 bits per heavy atom. The van der Waals surface area contributed by atoms with Gasteiger partial charge in [0, 0.05) is 13.1 Å². The minimum absolute atomic E-state index is 0.0651. The van der Waals surface area contributed by atoms with Crippen molar-refractivity contribution in [2.45, 2.75) is 38.5 Å². The van der Waals surface area contributed by atoms with E-state index >= 15 is 0 Å². The summed E-state index contributed by atoms with van der Waals surface area (Å²) in [5, 5.41) is 9.04. The Hall–Kier alpha value is -1.78. The maximum Gasteiger partial charge on any atom is 0.354 e. The van der Waals surface area contributed by atoms with Gasteiger partial charge in [-0.3, -0.25) is 0 Å². The summed E-state index contributed by atoms with van der Waals surface area (Å²) in [6.07, 6.45) is 7.75. The van der Waals surface area contributed by atoms with Crippen LogP contribution in [0, 0.1) is 5.41 Å². The Morgan fingerprint density at radius 2 is 1.85 bits per heavy atom. The molecular formula is C15H21N3O2. The highest BCUT2D eigenvalue weighted by molar-refractivity contribution is 5.87. The molecule has 5 nitrogen and oxygen atoms in total. The standard InChI is InChI=1S/C15H21N3O2/c16-11-3-4-12(14(19)20)17-13(11)18-9-7-15(8-10-18)5-1-2-6-15/h3-4H,1-2,5-10,16H2,(H,19,20). The van der Waals surface area contributed by atoms with Crippen molar-refractivity contribution in [3.05, 3.63) is 17.8 Å². The Morgan fingerprint density at radius 1 is 1.20 bits per heavy atom. The number of carboxylic acid groups (broad SMARTS) is 1. The van der Waals surface area contributed by atoms with Crippen LogP contribution in [-0.4, -0.2) is 29.1 Å². The molecule has 2 heterocycles. The van der Waals surface area contributed by atoms with Crippen molar-refractivity contribution in [1.29, 1.82) is 0 Å². The van der Waals surface area contributed by atoms with Gasteiger partial charge >= 0.3 is 5.97 Å². The van der Waals surface area contributed by atoms with Gasteiger partial charge in [-0.1, -0.05) is 12.8 Å². The zero-order valence-electron chi connectivity index (χ0n) is 11.6. The van der Waals surface area contributed by atoms with Crippen molar-refractivity contribution in [3.63, 3.8) is 0 Å². The largest absolute Gasteiger partial charge is 0.477 e. The molecule has 0 bridgehead atoms. The summed E-state index contributed by atoms with van der Waals surface area (Å²) in [4.78, 5) is 17.4. The highest BCUT2D eigenvalue weighted by Crippen LogP contribution is 2.46. The van der Waals surface area contributed by atoms with Crippen LogP contribution in [0.15, 0.2) is 12.1 Å². The van der Waals surface area contributed by atoms with Crippen molar-refractivity contribution in [2.24, 2.45) is 5.41 Å². The molecule has 1 saturated heterocycles. The number of aromatic nitrogens is 1. The molecule has 0 amide bonds. The average Bonchev–Trinajstić information content (AvgIpc) is 2.89. The predicted octanol–water partition coefficient (Wildman–Crippen LogP) is 2.52. The number of hydrogen-bond donors (Lipinski definition) is 2. The molecule has 0 aromatic carbocycles. The fourth-order valence-corrected chi connectivity index (χ4v) is 3.65. The van der Waals surface area contributed by atoms with Crippen molar-refractivity contribution >= 4 is 17.5 Å². The monoisotopic (exact) mass is 275 g/mol. The Labute approximate surface area is 118 Å². The second kappa shape index (κ2) is 4.96. The minimum Gasteiger partial charge on any atom is -0.477 e. The molecule has 1 aliphatic heterocycles. The average molecular weight is 275 g/mol. The Kier molecular flexibility index (Phi) is 3.28. The summed E-state index contributed by atoms with van der Waals surface area (Å²) in [7, 11) is 0. The normalized spacial score (nSPS) is 21.3. The van der Waals surface area contributed by atoms with Gasteiger partial charge < -0.3 is 15.7 Å². The quantitative estimate of drug-likeness (QED) is 0.867. The zero-order chi connectivity index (χ0) is 14.2. The number of nitrogens with zero attached hydrogens (tertiary/aromatic N) is 2. The maximum absolute atomic E-state index is 11.0. The molecule has 1 aromatic rings. The molecule has 1 aromatic heterocycles. The number of anilines is 2. The smallest absolute Gasteiger partial charge is 0.354 e. The molecule has 20 heavy (non-hydrogen) atoms. The highest BCUT2D eigenvalue weighted by atomic mass is 16.4. The molecule has 2 aliphatic rings. The van der Waals surface area contributed by atoms with Crippen LogP contribution in [0.25, 0.3) is 0 Å². The van der Waals surface area contributed by atoms with Gasteiger partial charge in [-0.05, 0) is 43.2 Å². The molecule has 3 rings (SSSR count). The van der Waals surface area contributed by atoms with Gasteiger partial charge in [0.2, 0.25) is 0 Å². The fourth-order valence-electron chi connectivity index (χ4n) is 3.65. The number of hydrogen-bond acceptors (Lipinski definition) is 4. The lowest BCUT2D eigenvalue weighted by Gasteiger charge is -2.40. The van der Waals surface area contributed by atoms with Crippen molar-refractivity contribution in [2.75, 3.05) is 23.7 Å². The van der Waals surface area contributed by atoms with E-state index in [9.17, 15) is 4.79 Å².